The Hall–Kier alpha value is -0.580. The van der Waals surface area contributed by atoms with Gasteiger partial charge in [-0.15, -0.1) is 12.4 Å². The van der Waals surface area contributed by atoms with Crippen molar-refractivity contribution in [3.8, 4) is 0 Å². The molecule has 1 amide bonds. The number of nitrogens with zero attached hydrogens (tertiary/aromatic N) is 1. The van der Waals surface area contributed by atoms with Gasteiger partial charge in [-0.3, -0.25) is 4.79 Å². The lowest BCUT2D eigenvalue weighted by atomic mass is 10.2. The van der Waals surface area contributed by atoms with Crippen LogP contribution in [0.4, 0.5) is 0 Å². The van der Waals surface area contributed by atoms with Gasteiger partial charge < -0.3 is 10.2 Å². The van der Waals surface area contributed by atoms with Gasteiger partial charge in [0.1, 0.15) is 0 Å². The molecule has 1 fully saturated rings. The van der Waals surface area contributed by atoms with Crippen LogP contribution >= 0.6 is 28.3 Å². The van der Waals surface area contributed by atoms with Crippen LogP contribution in [0.5, 0.6) is 0 Å². The number of rotatable bonds is 6. The van der Waals surface area contributed by atoms with E-state index in [1.807, 2.05) is 24.1 Å². The van der Waals surface area contributed by atoms with Crippen molar-refractivity contribution in [1.29, 1.82) is 0 Å². The van der Waals surface area contributed by atoms with Gasteiger partial charge in [0.25, 0.3) is 0 Å². The van der Waals surface area contributed by atoms with Gasteiger partial charge >= 0.3 is 0 Å². The molecule has 1 aromatic carbocycles. The standard InChI is InChI=1S/C14H19BrN2O.ClH/c1-16-8-7-14(18)17(13-5-6-13)10-11-3-2-4-12(15)9-11;/h2-4,9,13,16H,5-8,10H2,1H3;1H. The van der Waals surface area contributed by atoms with E-state index in [0.29, 0.717) is 12.5 Å². The predicted molar refractivity (Wildman–Crippen MR) is 83.5 cm³/mol. The molecule has 0 aliphatic heterocycles. The molecule has 1 aliphatic rings. The van der Waals surface area contributed by atoms with Crippen LogP contribution in [0, 0.1) is 0 Å². The molecule has 1 aromatic rings. The molecule has 0 aromatic heterocycles. The zero-order valence-corrected chi connectivity index (χ0v) is 13.5. The van der Waals surface area contributed by atoms with Crippen LogP contribution in [-0.4, -0.2) is 30.4 Å². The second-order valence-corrected chi connectivity index (χ2v) is 5.65. The first kappa shape index (κ1) is 16.5. The highest BCUT2D eigenvalue weighted by Gasteiger charge is 2.31. The Morgan fingerprint density at radius 3 is 2.79 bits per heavy atom. The van der Waals surface area contributed by atoms with Gasteiger partial charge in [0.2, 0.25) is 5.91 Å². The van der Waals surface area contributed by atoms with E-state index in [4.69, 9.17) is 0 Å². The summed E-state index contributed by atoms with van der Waals surface area (Å²) in [6.45, 7) is 1.48. The number of amides is 1. The topological polar surface area (TPSA) is 32.3 Å². The summed E-state index contributed by atoms with van der Waals surface area (Å²) < 4.78 is 1.07. The van der Waals surface area contributed by atoms with Crippen LogP contribution < -0.4 is 5.32 Å². The van der Waals surface area contributed by atoms with Crippen LogP contribution in [-0.2, 0) is 11.3 Å². The second kappa shape index (κ2) is 7.88. The zero-order chi connectivity index (χ0) is 13.0. The van der Waals surface area contributed by atoms with Gasteiger partial charge in [-0.05, 0) is 37.6 Å². The fraction of sp³-hybridized carbons (Fsp3) is 0.500. The lowest BCUT2D eigenvalue weighted by molar-refractivity contribution is -0.132. The van der Waals surface area contributed by atoms with Crippen molar-refractivity contribution in [2.45, 2.75) is 31.8 Å². The van der Waals surface area contributed by atoms with Crippen molar-refractivity contribution in [3.05, 3.63) is 34.3 Å². The fourth-order valence-electron chi connectivity index (χ4n) is 2.01. The minimum atomic E-state index is 0. The molecule has 1 aliphatic carbocycles. The number of benzene rings is 1. The number of halogens is 2. The highest BCUT2D eigenvalue weighted by molar-refractivity contribution is 9.10. The molecule has 1 saturated carbocycles. The molecule has 5 heteroatoms. The van der Waals surface area contributed by atoms with E-state index < -0.39 is 0 Å². The normalized spacial score (nSPS) is 13.8. The molecule has 0 spiro atoms. The first-order valence-corrected chi connectivity index (χ1v) is 7.18. The number of carbonyl (C=O) groups is 1. The van der Waals surface area contributed by atoms with Crippen molar-refractivity contribution < 1.29 is 4.79 Å². The molecule has 2 rings (SSSR count). The zero-order valence-electron chi connectivity index (χ0n) is 11.1. The third-order valence-electron chi connectivity index (χ3n) is 3.14. The molecule has 19 heavy (non-hydrogen) atoms. The summed E-state index contributed by atoms with van der Waals surface area (Å²) in [5.41, 5.74) is 1.19. The molecule has 106 valence electrons. The first-order chi connectivity index (χ1) is 8.70. The van der Waals surface area contributed by atoms with Gasteiger partial charge in [0.05, 0.1) is 0 Å². The maximum atomic E-state index is 12.1. The van der Waals surface area contributed by atoms with Crippen molar-refractivity contribution in [2.24, 2.45) is 0 Å². The summed E-state index contributed by atoms with van der Waals surface area (Å²) in [6.07, 6.45) is 2.89. The average Bonchev–Trinajstić information content (AvgIpc) is 3.17. The summed E-state index contributed by atoms with van der Waals surface area (Å²) in [5, 5.41) is 3.03. The summed E-state index contributed by atoms with van der Waals surface area (Å²) in [5.74, 6) is 0.256. The molecule has 0 unspecified atom stereocenters. The predicted octanol–water partition coefficient (Wildman–Crippen LogP) is 2.97. The van der Waals surface area contributed by atoms with Crippen molar-refractivity contribution in [1.82, 2.24) is 10.2 Å². The molecule has 0 bridgehead atoms. The SMILES string of the molecule is CNCCC(=O)N(Cc1cccc(Br)c1)C1CC1.Cl. The second-order valence-electron chi connectivity index (χ2n) is 4.74. The minimum Gasteiger partial charge on any atom is -0.335 e. The number of nitrogens with one attached hydrogen (secondary N) is 1. The third kappa shape index (κ3) is 5.13. The molecule has 0 atom stereocenters. The highest BCUT2D eigenvalue weighted by Crippen LogP contribution is 2.29. The molecular weight excluding hydrogens is 328 g/mol. The molecule has 0 heterocycles. The van der Waals surface area contributed by atoms with E-state index in [-0.39, 0.29) is 18.3 Å². The van der Waals surface area contributed by atoms with Gasteiger partial charge in [0.15, 0.2) is 0 Å². The van der Waals surface area contributed by atoms with Crippen molar-refractivity contribution in [2.75, 3.05) is 13.6 Å². The molecule has 0 radical (unpaired) electrons. The number of hydrogen-bond acceptors (Lipinski definition) is 2. The van der Waals surface area contributed by atoms with Crippen molar-refractivity contribution >= 4 is 34.2 Å². The number of hydrogen-bond donors (Lipinski definition) is 1. The smallest absolute Gasteiger partial charge is 0.224 e. The summed E-state index contributed by atoms with van der Waals surface area (Å²) in [4.78, 5) is 14.2. The Kier molecular flexibility index (Phi) is 6.83. The minimum absolute atomic E-state index is 0. The van der Waals surface area contributed by atoms with Crippen molar-refractivity contribution in [3.63, 3.8) is 0 Å². The van der Waals surface area contributed by atoms with Crippen LogP contribution in [0.2, 0.25) is 0 Å². The van der Waals surface area contributed by atoms with E-state index in [2.05, 4.69) is 33.4 Å². The molecule has 3 nitrogen and oxygen atoms in total. The first-order valence-electron chi connectivity index (χ1n) is 6.39. The Morgan fingerprint density at radius 2 is 2.21 bits per heavy atom. The van der Waals surface area contributed by atoms with Crippen LogP contribution in [0.25, 0.3) is 0 Å². The maximum absolute atomic E-state index is 12.1. The Morgan fingerprint density at radius 1 is 1.47 bits per heavy atom. The van der Waals surface area contributed by atoms with Crippen LogP contribution in [0.3, 0.4) is 0 Å². The van der Waals surface area contributed by atoms with E-state index in [9.17, 15) is 4.79 Å². The lowest BCUT2D eigenvalue weighted by Gasteiger charge is -2.22. The molecular formula is C14H20BrClN2O. The summed E-state index contributed by atoms with van der Waals surface area (Å²) >= 11 is 3.47. The quantitative estimate of drug-likeness (QED) is 0.858. The van der Waals surface area contributed by atoms with E-state index >= 15 is 0 Å². The summed E-state index contributed by atoms with van der Waals surface area (Å²) in [6, 6.07) is 8.65. The van der Waals surface area contributed by atoms with Gasteiger partial charge in [-0.25, -0.2) is 0 Å². The van der Waals surface area contributed by atoms with Gasteiger partial charge in [-0.2, -0.15) is 0 Å². The monoisotopic (exact) mass is 346 g/mol. The lowest BCUT2D eigenvalue weighted by Crippen LogP contribution is -2.34. The third-order valence-corrected chi connectivity index (χ3v) is 3.63. The van der Waals surface area contributed by atoms with Crippen LogP contribution in [0.1, 0.15) is 24.8 Å². The summed E-state index contributed by atoms with van der Waals surface area (Å²) in [7, 11) is 1.88. The maximum Gasteiger partial charge on any atom is 0.224 e. The Bertz CT molecular complexity index is 424. The Labute approximate surface area is 129 Å². The van der Waals surface area contributed by atoms with Gasteiger partial charge in [0, 0.05) is 30.0 Å². The largest absolute Gasteiger partial charge is 0.335 e. The number of carbonyl (C=O) groups excluding carboxylic acids is 1. The van der Waals surface area contributed by atoms with E-state index in [0.717, 1.165) is 30.4 Å². The fourth-order valence-corrected chi connectivity index (χ4v) is 2.46. The molecule has 1 N–H and O–H groups in total. The molecule has 0 saturated heterocycles. The van der Waals surface area contributed by atoms with Gasteiger partial charge in [-0.1, -0.05) is 28.1 Å². The van der Waals surface area contributed by atoms with Crippen LogP contribution in [0.15, 0.2) is 28.7 Å². The van der Waals surface area contributed by atoms with E-state index in [1.165, 1.54) is 5.56 Å². The highest BCUT2D eigenvalue weighted by atomic mass is 79.9. The average molecular weight is 348 g/mol. The van der Waals surface area contributed by atoms with E-state index in [1.54, 1.807) is 0 Å². The Balaban J connectivity index is 0.00000180.